The molecule has 3 aliphatic heterocycles. The second-order valence-electron chi connectivity index (χ2n) is 8.89. The maximum atomic E-state index is 5.64. The molecule has 3 heterocycles. The number of ether oxygens (including phenoxy) is 2. The molecule has 1 saturated carbocycles. The second-order valence-corrected chi connectivity index (χ2v) is 8.89. The van der Waals surface area contributed by atoms with Crippen LogP contribution in [0.5, 0.6) is 0 Å². The predicted octanol–water partition coefficient (Wildman–Crippen LogP) is 2.63. The zero-order valence-corrected chi connectivity index (χ0v) is 15.5. The lowest BCUT2D eigenvalue weighted by molar-refractivity contribution is 0.00754. The lowest BCUT2D eigenvalue weighted by atomic mass is 9.70. The summed E-state index contributed by atoms with van der Waals surface area (Å²) in [7, 11) is 1.89. The van der Waals surface area contributed by atoms with Crippen molar-refractivity contribution in [2.75, 3.05) is 59.7 Å². The average Bonchev–Trinajstić information content (AvgIpc) is 2.86. The first kappa shape index (κ1) is 17.3. The van der Waals surface area contributed by atoms with E-state index in [0.29, 0.717) is 5.41 Å². The highest BCUT2D eigenvalue weighted by atomic mass is 16.5. The van der Waals surface area contributed by atoms with Crippen LogP contribution in [-0.2, 0) is 9.47 Å². The number of hydrogen-bond acceptors (Lipinski definition) is 4. The van der Waals surface area contributed by atoms with E-state index in [1.54, 1.807) is 0 Å². The highest BCUT2D eigenvalue weighted by Gasteiger charge is 2.48. The summed E-state index contributed by atoms with van der Waals surface area (Å²) < 4.78 is 11.2. The summed E-state index contributed by atoms with van der Waals surface area (Å²) in [5.74, 6) is 1.60. The molecule has 0 radical (unpaired) electrons. The molecular weight excluding hydrogens is 300 g/mol. The molecule has 24 heavy (non-hydrogen) atoms. The van der Waals surface area contributed by atoms with Gasteiger partial charge in [0.15, 0.2) is 0 Å². The van der Waals surface area contributed by atoms with Gasteiger partial charge >= 0.3 is 0 Å². The van der Waals surface area contributed by atoms with E-state index in [9.17, 15) is 0 Å². The first-order valence-corrected chi connectivity index (χ1v) is 10.3. The summed E-state index contributed by atoms with van der Waals surface area (Å²) in [6, 6.07) is 0.919. The molecule has 0 amide bonds. The van der Waals surface area contributed by atoms with Crippen molar-refractivity contribution in [2.45, 2.75) is 51.0 Å². The Labute approximate surface area is 147 Å². The standard InChI is InChI=1S/C20H36N2O2/c1-23-15-18-14-21(13-17-5-11-24-12-6-17)16-20(18)7-9-22(10-8-20)19-3-2-4-19/h17-19H,2-16H2,1H3/t18-/m1/s1. The number of hydrogen-bond donors (Lipinski definition) is 0. The summed E-state index contributed by atoms with van der Waals surface area (Å²) >= 11 is 0. The molecule has 0 aromatic carbocycles. The fourth-order valence-electron chi connectivity index (χ4n) is 5.66. The SMILES string of the molecule is COC[C@H]1CN(CC2CCOCC2)CC12CCN(C1CCC1)CC2. The first-order chi connectivity index (χ1) is 11.8. The molecule has 1 spiro atoms. The molecule has 4 aliphatic rings. The fourth-order valence-corrected chi connectivity index (χ4v) is 5.66. The summed E-state index contributed by atoms with van der Waals surface area (Å²) in [5.41, 5.74) is 0.529. The Morgan fingerprint density at radius 3 is 2.46 bits per heavy atom. The quantitative estimate of drug-likeness (QED) is 0.770. The van der Waals surface area contributed by atoms with Gasteiger partial charge in [-0.1, -0.05) is 6.42 Å². The van der Waals surface area contributed by atoms with E-state index in [1.165, 1.54) is 77.7 Å². The van der Waals surface area contributed by atoms with Crippen molar-refractivity contribution < 1.29 is 9.47 Å². The zero-order valence-electron chi connectivity index (χ0n) is 15.5. The van der Waals surface area contributed by atoms with Gasteiger partial charge in [0, 0.05) is 51.9 Å². The number of piperidine rings is 1. The van der Waals surface area contributed by atoms with Crippen LogP contribution in [0.3, 0.4) is 0 Å². The predicted molar refractivity (Wildman–Crippen MR) is 96.2 cm³/mol. The molecule has 0 unspecified atom stereocenters. The molecule has 4 nitrogen and oxygen atoms in total. The Hall–Kier alpha value is -0.160. The van der Waals surface area contributed by atoms with E-state index < -0.39 is 0 Å². The minimum Gasteiger partial charge on any atom is -0.384 e. The van der Waals surface area contributed by atoms with Gasteiger partial charge in [0.1, 0.15) is 0 Å². The van der Waals surface area contributed by atoms with E-state index >= 15 is 0 Å². The van der Waals surface area contributed by atoms with Crippen LogP contribution < -0.4 is 0 Å². The van der Waals surface area contributed by atoms with Gasteiger partial charge < -0.3 is 19.3 Å². The summed E-state index contributed by atoms with van der Waals surface area (Å²) in [6.45, 7) is 9.42. The van der Waals surface area contributed by atoms with Crippen molar-refractivity contribution in [2.24, 2.45) is 17.3 Å². The van der Waals surface area contributed by atoms with E-state index in [1.807, 2.05) is 7.11 Å². The maximum Gasteiger partial charge on any atom is 0.0508 e. The van der Waals surface area contributed by atoms with Gasteiger partial charge in [-0.25, -0.2) is 0 Å². The van der Waals surface area contributed by atoms with Crippen molar-refractivity contribution in [3.63, 3.8) is 0 Å². The van der Waals surface area contributed by atoms with E-state index in [0.717, 1.165) is 37.7 Å². The topological polar surface area (TPSA) is 24.9 Å². The van der Waals surface area contributed by atoms with Crippen molar-refractivity contribution in [3.8, 4) is 0 Å². The van der Waals surface area contributed by atoms with E-state index in [2.05, 4.69) is 9.80 Å². The average molecular weight is 337 g/mol. The molecule has 3 saturated heterocycles. The molecular formula is C20H36N2O2. The van der Waals surface area contributed by atoms with E-state index in [-0.39, 0.29) is 0 Å². The van der Waals surface area contributed by atoms with Gasteiger partial charge in [-0.3, -0.25) is 0 Å². The van der Waals surface area contributed by atoms with Gasteiger partial charge in [0.25, 0.3) is 0 Å². The Morgan fingerprint density at radius 2 is 1.83 bits per heavy atom. The molecule has 0 bridgehead atoms. The Bertz CT molecular complexity index is 398. The van der Waals surface area contributed by atoms with Crippen LogP contribution in [0, 0.1) is 17.3 Å². The van der Waals surface area contributed by atoms with Crippen LogP contribution >= 0.6 is 0 Å². The van der Waals surface area contributed by atoms with Crippen molar-refractivity contribution in [3.05, 3.63) is 0 Å². The Kier molecular flexibility index (Phi) is 5.47. The second kappa shape index (κ2) is 7.61. The lowest BCUT2D eigenvalue weighted by Crippen LogP contribution is -2.50. The number of methoxy groups -OCH3 is 1. The lowest BCUT2D eigenvalue weighted by Gasteiger charge is -2.47. The third-order valence-electron chi connectivity index (χ3n) is 7.49. The molecule has 0 aromatic heterocycles. The Balaban J connectivity index is 1.35. The van der Waals surface area contributed by atoms with Crippen molar-refractivity contribution in [1.29, 1.82) is 0 Å². The van der Waals surface area contributed by atoms with E-state index in [4.69, 9.17) is 9.47 Å². The van der Waals surface area contributed by atoms with Gasteiger partial charge in [0.05, 0.1) is 6.61 Å². The maximum absolute atomic E-state index is 5.64. The molecule has 4 heteroatoms. The largest absolute Gasteiger partial charge is 0.384 e. The van der Waals surface area contributed by atoms with Crippen LogP contribution in [0.4, 0.5) is 0 Å². The van der Waals surface area contributed by atoms with Gasteiger partial charge in [-0.2, -0.15) is 0 Å². The molecule has 1 atom stereocenters. The van der Waals surface area contributed by atoms with Crippen LogP contribution in [0.2, 0.25) is 0 Å². The normalized spacial score (nSPS) is 33.1. The summed E-state index contributed by atoms with van der Waals surface area (Å²) in [4.78, 5) is 5.57. The smallest absolute Gasteiger partial charge is 0.0508 e. The molecule has 4 fully saturated rings. The summed E-state index contributed by atoms with van der Waals surface area (Å²) in [5, 5.41) is 0. The molecule has 0 aromatic rings. The van der Waals surface area contributed by atoms with Gasteiger partial charge in [-0.15, -0.1) is 0 Å². The van der Waals surface area contributed by atoms with Crippen molar-refractivity contribution >= 4 is 0 Å². The molecule has 0 N–H and O–H groups in total. The first-order valence-electron chi connectivity index (χ1n) is 10.3. The molecule has 1 aliphatic carbocycles. The van der Waals surface area contributed by atoms with Gasteiger partial charge in [0.2, 0.25) is 0 Å². The van der Waals surface area contributed by atoms with Crippen LogP contribution in [-0.4, -0.2) is 75.5 Å². The number of likely N-dealkylation sites (tertiary alicyclic amines) is 2. The van der Waals surface area contributed by atoms with Crippen LogP contribution in [0.1, 0.15) is 44.9 Å². The monoisotopic (exact) mass is 336 g/mol. The zero-order chi connectivity index (χ0) is 16.4. The van der Waals surface area contributed by atoms with Crippen LogP contribution in [0.25, 0.3) is 0 Å². The summed E-state index contributed by atoms with van der Waals surface area (Å²) in [6.07, 6.45) is 9.65. The number of rotatable bonds is 5. The van der Waals surface area contributed by atoms with Crippen LogP contribution in [0.15, 0.2) is 0 Å². The Morgan fingerprint density at radius 1 is 1.08 bits per heavy atom. The minimum atomic E-state index is 0.529. The third kappa shape index (κ3) is 3.53. The number of nitrogens with zero attached hydrogens (tertiary/aromatic N) is 2. The molecule has 138 valence electrons. The van der Waals surface area contributed by atoms with Crippen molar-refractivity contribution in [1.82, 2.24) is 9.80 Å². The third-order valence-corrected chi connectivity index (χ3v) is 7.49. The highest BCUT2D eigenvalue weighted by molar-refractivity contribution is 5.01. The van der Waals surface area contributed by atoms with Gasteiger partial charge in [-0.05, 0) is 62.9 Å². The molecule has 4 rings (SSSR count). The minimum absolute atomic E-state index is 0.529. The highest BCUT2D eigenvalue weighted by Crippen LogP contribution is 2.46. The fraction of sp³-hybridized carbons (Fsp3) is 1.00.